The van der Waals surface area contributed by atoms with E-state index in [2.05, 4.69) is 13.8 Å². The Morgan fingerprint density at radius 1 is 1.15 bits per heavy atom. The molecule has 0 aromatic rings. The van der Waals surface area contributed by atoms with Gasteiger partial charge in [-0.25, -0.2) is 0 Å². The van der Waals surface area contributed by atoms with E-state index >= 15 is 0 Å². The molecule has 1 aliphatic rings. The summed E-state index contributed by atoms with van der Waals surface area (Å²) in [5.74, 6) is 2.35. The van der Waals surface area contributed by atoms with Gasteiger partial charge in [-0.3, -0.25) is 5.73 Å². The first-order valence-electron chi connectivity index (χ1n) is 5.88. The Bertz CT molecular complexity index is 125. The molecule has 0 heterocycles. The van der Waals surface area contributed by atoms with Gasteiger partial charge >= 0.3 is 0 Å². The molecule has 1 atom stereocenters. The van der Waals surface area contributed by atoms with Gasteiger partial charge in [0.25, 0.3) is 0 Å². The molecule has 1 unspecified atom stereocenters. The highest BCUT2D eigenvalue weighted by atomic mass is 14.6. The highest BCUT2D eigenvalue weighted by Gasteiger charge is 2.22. The molecular weight excluding hydrogens is 158 g/mol. The molecule has 0 amide bonds. The topological polar surface area (TPSA) is 23.8 Å². The van der Waals surface area contributed by atoms with Gasteiger partial charge in [0.15, 0.2) is 0 Å². The summed E-state index contributed by atoms with van der Waals surface area (Å²) in [6.07, 6.45) is 8.34. The van der Waals surface area contributed by atoms with Crippen LogP contribution in [0.1, 0.15) is 52.4 Å². The summed E-state index contributed by atoms with van der Waals surface area (Å²) in [4.78, 5) is 0. The van der Waals surface area contributed by atoms with Gasteiger partial charge in [0.1, 0.15) is 0 Å². The van der Waals surface area contributed by atoms with Crippen molar-refractivity contribution in [1.29, 1.82) is 0 Å². The van der Waals surface area contributed by atoms with Crippen LogP contribution in [0.3, 0.4) is 0 Å². The van der Waals surface area contributed by atoms with E-state index in [1.165, 1.54) is 38.5 Å². The molecule has 0 aromatic heterocycles. The van der Waals surface area contributed by atoms with Crippen molar-refractivity contribution >= 4 is 0 Å². The summed E-state index contributed by atoms with van der Waals surface area (Å²) in [6.45, 7) is 5.22. The van der Waals surface area contributed by atoms with Crippen LogP contribution in [0.25, 0.3) is 0 Å². The van der Waals surface area contributed by atoms with Crippen molar-refractivity contribution < 1.29 is 0 Å². The summed E-state index contributed by atoms with van der Waals surface area (Å²) in [6, 6.07) is 0. The second kappa shape index (κ2) is 5.64. The van der Waals surface area contributed by atoms with Crippen molar-refractivity contribution in [3.63, 3.8) is 0 Å². The Kier molecular flexibility index (Phi) is 4.79. The lowest BCUT2D eigenvalue weighted by Crippen LogP contribution is -2.23. The first-order valence-corrected chi connectivity index (χ1v) is 5.88. The highest BCUT2D eigenvalue weighted by Crippen LogP contribution is 2.32. The van der Waals surface area contributed by atoms with Crippen LogP contribution < -0.4 is 5.73 Å². The maximum atomic E-state index is 7.59. The van der Waals surface area contributed by atoms with Crippen molar-refractivity contribution in [3.8, 4) is 0 Å². The van der Waals surface area contributed by atoms with E-state index in [-0.39, 0.29) is 0 Å². The molecular formula is C12H24N. The number of hydrogen-bond acceptors (Lipinski definition) is 0. The first-order chi connectivity index (χ1) is 6.24. The fourth-order valence-corrected chi connectivity index (χ4v) is 2.65. The fourth-order valence-electron chi connectivity index (χ4n) is 2.65. The Balaban J connectivity index is 2.34. The Morgan fingerprint density at radius 3 is 2.23 bits per heavy atom. The number of hydrogen-bond donors (Lipinski definition) is 0. The van der Waals surface area contributed by atoms with Gasteiger partial charge in [-0.15, -0.1) is 0 Å². The molecule has 1 rings (SSSR count). The molecule has 0 aliphatic heterocycles. The Hall–Kier alpha value is -0.0400. The molecule has 1 radical (unpaired) electrons. The van der Waals surface area contributed by atoms with Crippen molar-refractivity contribution in [2.45, 2.75) is 52.4 Å². The standard InChI is InChI=1S/C12H24N/c1-10(2)8-12(9-13)11-6-4-3-5-7-11/h10-13H,3-9H2,1-2H3. The molecule has 1 fully saturated rings. The van der Waals surface area contributed by atoms with Crippen LogP contribution in [-0.4, -0.2) is 6.54 Å². The minimum absolute atomic E-state index is 0.656. The molecule has 0 spiro atoms. The van der Waals surface area contributed by atoms with E-state index in [1.54, 1.807) is 0 Å². The largest absolute Gasteiger partial charge is 0.258 e. The van der Waals surface area contributed by atoms with Gasteiger partial charge in [-0.2, -0.15) is 0 Å². The van der Waals surface area contributed by atoms with Crippen molar-refractivity contribution in [3.05, 3.63) is 0 Å². The second-order valence-corrected chi connectivity index (χ2v) is 4.99. The lowest BCUT2D eigenvalue weighted by Gasteiger charge is -2.30. The fraction of sp³-hybridized carbons (Fsp3) is 1.00. The van der Waals surface area contributed by atoms with Crippen molar-refractivity contribution in [1.82, 2.24) is 5.73 Å². The molecule has 0 saturated heterocycles. The van der Waals surface area contributed by atoms with Crippen LogP contribution in [0.2, 0.25) is 0 Å². The summed E-state index contributed by atoms with van der Waals surface area (Å²) in [5, 5.41) is 0. The van der Waals surface area contributed by atoms with Gasteiger partial charge in [0.2, 0.25) is 0 Å². The molecule has 0 bridgehead atoms. The van der Waals surface area contributed by atoms with Crippen LogP contribution in [0.4, 0.5) is 0 Å². The molecule has 1 aliphatic carbocycles. The summed E-state index contributed by atoms with van der Waals surface area (Å²) in [5.41, 5.74) is 7.59. The number of rotatable bonds is 4. The van der Waals surface area contributed by atoms with Crippen LogP contribution in [0.15, 0.2) is 0 Å². The lowest BCUT2D eigenvalue weighted by molar-refractivity contribution is 0.222. The van der Waals surface area contributed by atoms with Crippen molar-refractivity contribution in [2.75, 3.05) is 6.54 Å². The third-order valence-corrected chi connectivity index (χ3v) is 3.35. The minimum atomic E-state index is 0.656. The molecule has 1 heteroatoms. The van der Waals surface area contributed by atoms with Gasteiger partial charge in [-0.1, -0.05) is 46.0 Å². The summed E-state index contributed by atoms with van der Waals surface area (Å²) >= 11 is 0. The zero-order valence-corrected chi connectivity index (χ0v) is 9.18. The average molecular weight is 182 g/mol. The second-order valence-electron chi connectivity index (χ2n) is 4.99. The van der Waals surface area contributed by atoms with E-state index in [4.69, 9.17) is 5.73 Å². The smallest absolute Gasteiger partial charge is 0.0131 e. The van der Waals surface area contributed by atoms with Gasteiger partial charge in [0.05, 0.1) is 0 Å². The predicted octanol–water partition coefficient (Wildman–Crippen LogP) is 3.51. The maximum absolute atomic E-state index is 7.59. The first kappa shape index (κ1) is 11.0. The van der Waals surface area contributed by atoms with Gasteiger partial charge in [-0.05, 0) is 24.2 Å². The third kappa shape index (κ3) is 3.68. The SMILES string of the molecule is CC(C)CC(C[NH])C1CCCCC1. The van der Waals surface area contributed by atoms with Gasteiger partial charge in [0, 0.05) is 6.54 Å². The quantitative estimate of drug-likeness (QED) is 0.635. The van der Waals surface area contributed by atoms with Crippen LogP contribution in [-0.2, 0) is 0 Å². The van der Waals surface area contributed by atoms with E-state index < -0.39 is 0 Å². The third-order valence-electron chi connectivity index (χ3n) is 3.35. The molecule has 1 saturated carbocycles. The maximum Gasteiger partial charge on any atom is 0.0131 e. The average Bonchev–Trinajstić information content (AvgIpc) is 2.15. The van der Waals surface area contributed by atoms with Crippen LogP contribution in [0, 0.1) is 17.8 Å². The molecule has 0 aromatic carbocycles. The zero-order chi connectivity index (χ0) is 9.68. The van der Waals surface area contributed by atoms with Crippen molar-refractivity contribution in [2.24, 2.45) is 17.8 Å². The molecule has 77 valence electrons. The molecule has 1 N–H and O–H groups in total. The van der Waals surface area contributed by atoms with E-state index in [0.29, 0.717) is 12.5 Å². The Morgan fingerprint density at radius 2 is 1.77 bits per heavy atom. The van der Waals surface area contributed by atoms with E-state index in [9.17, 15) is 0 Å². The van der Waals surface area contributed by atoms with E-state index in [1.807, 2.05) is 0 Å². The number of nitrogens with one attached hydrogen (secondary N) is 1. The predicted molar refractivity (Wildman–Crippen MR) is 57.5 cm³/mol. The molecule has 13 heavy (non-hydrogen) atoms. The zero-order valence-electron chi connectivity index (χ0n) is 9.18. The highest BCUT2D eigenvalue weighted by molar-refractivity contribution is 4.75. The summed E-state index contributed by atoms with van der Waals surface area (Å²) in [7, 11) is 0. The summed E-state index contributed by atoms with van der Waals surface area (Å²) < 4.78 is 0. The monoisotopic (exact) mass is 182 g/mol. The molecule has 1 nitrogen and oxygen atoms in total. The van der Waals surface area contributed by atoms with Gasteiger partial charge < -0.3 is 0 Å². The minimum Gasteiger partial charge on any atom is -0.258 e. The lowest BCUT2D eigenvalue weighted by atomic mass is 9.77. The van der Waals surface area contributed by atoms with Crippen LogP contribution in [0.5, 0.6) is 0 Å². The van der Waals surface area contributed by atoms with Crippen LogP contribution >= 0.6 is 0 Å². The normalized spacial score (nSPS) is 22.2. The Labute approximate surface area is 83.1 Å². The van der Waals surface area contributed by atoms with E-state index in [0.717, 1.165) is 11.8 Å².